The molecule has 14 heavy (non-hydrogen) atoms. The Bertz CT molecular complexity index is 503. The van der Waals surface area contributed by atoms with Crippen molar-refractivity contribution >= 4 is 10.9 Å². The summed E-state index contributed by atoms with van der Waals surface area (Å²) in [6.07, 6.45) is 2.00. The first-order valence-corrected chi connectivity index (χ1v) is 4.60. The lowest BCUT2D eigenvalue weighted by molar-refractivity contribution is 0.537. The van der Waals surface area contributed by atoms with Crippen LogP contribution in [0.25, 0.3) is 10.9 Å². The summed E-state index contributed by atoms with van der Waals surface area (Å²) in [5.74, 6) is 0. The summed E-state index contributed by atoms with van der Waals surface area (Å²) in [6, 6.07) is 8.02. The molecule has 0 saturated carbocycles. The molecule has 1 heterocycles. The van der Waals surface area contributed by atoms with Crippen LogP contribution in [0.15, 0.2) is 24.4 Å². The summed E-state index contributed by atoms with van der Waals surface area (Å²) >= 11 is 0. The van der Waals surface area contributed by atoms with E-state index >= 15 is 0 Å². The van der Waals surface area contributed by atoms with E-state index in [9.17, 15) is 0 Å². The third-order valence-corrected chi connectivity index (χ3v) is 2.18. The fourth-order valence-corrected chi connectivity index (χ4v) is 1.37. The van der Waals surface area contributed by atoms with Crippen molar-refractivity contribution in [1.82, 2.24) is 9.78 Å². The Morgan fingerprint density at radius 2 is 2.21 bits per heavy atom. The zero-order chi connectivity index (χ0) is 10.1. The highest BCUT2D eigenvalue weighted by Crippen LogP contribution is 2.16. The molecule has 70 valence electrons. The predicted molar refractivity (Wildman–Crippen MR) is 54.8 cm³/mol. The van der Waals surface area contributed by atoms with E-state index in [-0.39, 0.29) is 0 Å². The smallest absolute Gasteiger partial charge is 0.0992 e. The van der Waals surface area contributed by atoms with E-state index in [1.807, 2.05) is 29.1 Å². The summed E-state index contributed by atoms with van der Waals surface area (Å²) in [5.41, 5.74) is 1.55. The summed E-state index contributed by atoms with van der Waals surface area (Å²) < 4.78 is 1.91. The van der Waals surface area contributed by atoms with Crippen LogP contribution >= 0.6 is 0 Å². The van der Waals surface area contributed by atoms with E-state index in [1.54, 1.807) is 0 Å². The van der Waals surface area contributed by atoms with Gasteiger partial charge < -0.3 is 0 Å². The van der Waals surface area contributed by atoms with Crippen LogP contribution in [0.2, 0.25) is 0 Å². The van der Waals surface area contributed by atoms with Crippen molar-refractivity contribution < 1.29 is 0 Å². The Balaban J connectivity index is 2.61. The number of hydrogen-bond acceptors (Lipinski definition) is 2. The standard InChI is InChI=1S/C11H11N3/c1-8(2)14-7-10-4-3-9(6-12)5-11(10)13-14/h3-5,7-8H,1-2H3. The van der Waals surface area contributed by atoms with Gasteiger partial charge >= 0.3 is 0 Å². The molecule has 2 aromatic rings. The topological polar surface area (TPSA) is 41.6 Å². The van der Waals surface area contributed by atoms with Crippen molar-refractivity contribution in [3.63, 3.8) is 0 Å². The number of aromatic nitrogens is 2. The van der Waals surface area contributed by atoms with Crippen molar-refractivity contribution in [2.45, 2.75) is 19.9 Å². The minimum absolute atomic E-state index is 0.355. The Kier molecular flexibility index (Phi) is 1.97. The second-order valence-electron chi connectivity index (χ2n) is 3.59. The third kappa shape index (κ3) is 1.35. The van der Waals surface area contributed by atoms with Crippen LogP contribution in [0.3, 0.4) is 0 Å². The predicted octanol–water partition coefficient (Wildman–Crippen LogP) is 2.49. The first-order valence-electron chi connectivity index (χ1n) is 4.60. The lowest BCUT2D eigenvalue weighted by Crippen LogP contribution is -1.99. The van der Waals surface area contributed by atoms with Gasteiger partial charge in [0.1, 0.15) is 0 Å². The molecule has 0 aliphatic heterocycles. The highest BCUT2D eigenvalue weighted by molar-refractivity contribution is 5.79. The van der Waals surface area contributed by atoms with Gasteiger partial charge in [-0.05, 0) is 32.0 Å². The molecule has 2 rings (SSSR count). The molecule has 3 nitrogen and oxygen atoms in total. The minimum atomic E-state index is 0.355. The number of benzene rings is 1. The molecule has 0 radical (unpaired) electrons. The van der Waals surface area contributed by atoms with Gasteiger partial charge in [-0.3, -0.25) is 4.68 Å². The van der Waals surface area contributed by atoms with E-state index in [1.165, 1.54) is 0 Å². The van der Waals surface area contributed by atoms with Crippen molar-refractivity contribution in [3.8, 4) is 6.07 Å². The van der Waals surface area contributed by atoms with Gasteiger partial charge in [0, 0.05) is 17.6 Å². The van der Waals surface area contributed by atoms with Crippen molar-refractivity contribution in [3.05, 3.63) is 30.0 Å². The highest BCUT2D eigenvalue weighted by atomic mass is 15.3. The zero-order valence-corrected chi connectivity index (χ0v) is 8.23. The average Bonchev–Trinajstić information content (AvgIpc) is 2.59. The molecule has 0 atom stereocenters. The molecule has 0 aliphatic rings. The van der Waals surface area contributed by atoms with Crippen molar-refractivity contribution in [2.24, 2.45) is 0 Å². The number of hydrogen-bond donors (Lipinski definition) is 0. The summed E-state index contributed by atoms with van der Waals surface area (Å²) in [6.45, 7) is 4.16. The van der Waals surface area contributed by atoms with Crippen LogP contribution in [0.1, 0.15) is 25.5 Å². The van der Waals surface area contributed by atoms with Crippen LogP contribution in [-0.4, -0.2) is 9.78 Å². The second-order valence-corrected chi connectivity index (χ2v) is 3.59. The molecule has 1 aromatic heterocycles. The van der Waals surface area contributed by atoms with E-state index in [2.05, 4.69) is 25.0 Å². The first kappa shape index (κ1) is 8.76. The lowest BCUT2D eigenvalue weighted by atomic mass is 10.2. The Labute approximate surface area is 82.6 Å². The number of nitriles is 1. The first-order chi connectivity index (χ1) is 6.70. The quantitative estimate of drug-likeness (QED) is 0.684. The molecule has 0 aliphatic carbocycles. The molecule has 0 N–H and O–H groups in total. The van der Waals surface area contributed by atoms with Gasteiger partial charge in [0.05, 0.1) is 17.1 Å². The molecule has 0 bridgehead atoms. The van der Waals surface area contributed by atoms with Crippen molar-refractivity contribution in [2.75, 3.05) is 0 Å². The molecule has 0 saturated heterocycles. The van der Waals surface area contributed by atoms with Gasteiger partial charge in [0.15, 0.2) is 0 Å². The van der Waals surface area contributed by atoms with Crippen molar-refractivity contribution in [1.29, 1.82) is 5.26 Å². The van der Waals surface area contributed by atoms with Gasteiger partial charge in [0.25, 0.3) is 0 Å². The summed E-state index contributed by atoms with van der Waals surface area (Å²) in [4.78, 5) is 0. The molecule has 1 aromatic carbocycles. The van der Waals surface area contributed by atoms with Gasteiger partial charge in [-0.1, -0.05) is 0 Å². The van der Waals surface area contributed by atoms with Gasteiger partial charge in [-0.2, -0.15) is 10.4 Å². The van der Waals surface area contributed by atoms with Crippen LogP contribution in [0, 0.1) is 11.3 Å². The second kappa shape index (κ2) is 3.15. The van der Waals surface area contributed by atoms with E-state index < -0.39 is 0 Å². The molecule has 0 fully saturated rings. The molecule has 0 spiro atoms. The molecule has 0 unspecified atom stereocenters. The monoisotopic (exact) mass is 185 g/mol. The highest BCUT2D eigenvalue weighted by Gasteiger charge is 2.03. The summed E-state index contributed by atoms with van der Waals surface area (Å²) in [7, 11) is 0. The Morgan fingerprint density at radius 3 is 2.86 bits per heavy atom. The zero-order valence-electron chi connectivity index (χ0n) is 8.23. The SMILES string of the molecule is CC(C)n1cc2ccc(C#N)cc2n1. The maximum atomic E-state index is 8.73. The van der Waals surface area contributed by atoms with E-state index in [4.69, 9.17) is 5.26 Å². The number of fused-ring (bicyclic) bond motifs is 1. The average molecular weight is 185 g/mol. The molecule has 0 amide bonds. The van der Waals surface area contributed by atoms with Crippen LogP contribution in [0.5, 0.6) is 0 Å². The minimum Gasteiger partial charge on any atom is -0.269 e. The molecular formula is C11H11N3. The molecule has 3 heteroatoms. The Hall–Kier alpha value is -1.82. The maximum Gasteiger partial charge on any atom is 0.0992 e. The summed E-state index contributed by atoms with van der Waals surface area (Å²) in [5, 5.41) is 14.2. The number of rotatable bonds is 1. The van der Waals surface area contributed by atoms with Crippen LogP contribution in [-0.2, 0) is 0 Å². The normalized spacial score (nSPS) is 10.7. The molecular weight excluding hydrogens is 174 g/mol. The number of nitrogens with zero attached hydrogens (tertiary/aromatic N) is 3. The largest absolute Gasteiger partial charge is 0.269 e. The van der Waals surface area contributed by atoms with Crippen LogP contribution < -0.4 is 0 Å². The fourth-order valence-electron chi connectivity index (χ4n) is 1.37. The maximum absolute atomic E-state index is 8.73. The van der Waals surface area contributed by atoms with E-state index in [0.29, 0.717) is 11.6 Å². The van der Waals surface area contributed by atoms with Crippen LogP contribution in [0.4, 0.5) is 0 Å². The Morgan fingerprint density at radius 1 is 1.43 bits per heavy atom. The van der Waals surface area contributed by atoms with Gasteiger partial charge in [-0.25, -0.2) is 0 Å². The lowest BCUT2D eigenvalue weighted by Gasteiger charge is -2.02. The van der Waals surface area contributed by atoms with E-state index in [0.717, 1.165) is 10.9 Å². The fraction of sp³-hybridized carbons (Fsp3) is 0.273. The van der Waals surface area contributed by atoms with Gasteiger partial charge in [-0.15, -0.1) is 0 Å². The third-order valence-electron chi connectivity index (χ3n) is 2.18. The van der Waals surface area contributed by atoms with Gasteiger partial charge in [0.2, 0.25) is 0 Å².